The maximum absolute atomic E-state index is 11.6. The van der Waals surface area contributed by atoms with Crippen LogP contribution in [0.25, 0.3) is 22.0 Å². The lowest BCUT2D eigenvalue weighted by molar-refractivity contribution is -0.119. The van der Waals surface area contributed by atoms with Gasteiger partial charge in [0.15, 0.2) is 0 Å². The molecule has 168 valence electrons. The first kappa shape index (κ1) is 21.0. The monoisotopic (exact) mass is 432 g/mol. The number of rotatable bonds is 5. The topological polar surface area (TPSA) is 59.4 Å². The number of ether oxygens (including phenoxy) is 1. The maximum Gasteiger partial charge on any atom is 0.220 e. The molecule has 2 atom stereocenters. The molecule has 0 radical (unpaired) electrons. The highest BCUT2D eigenvalue weighted by Crippen LogP contribution is 2.35. The number of carbonyl (C=O) groups is 1. The van der Waals surface area contributed by atoms with Crippen LogP contribution in [0.4, 0.5) is 0 Å². The van der Waals surface area contributed by atoms with Crippen molar-refractivity contribution in [2.45, 2.75) is 38.2 Å². The van der Waals surface area contributed by atoms with E-state index in [0.29, 0.717) is 18.9 Å². The SMILES string of the molecule is CC(Oc1cc(-c2ccc(C3CCN(C)CC3)cc2)cc2nn(C)cc12)[C@H]1CNC(=O)C1. The van der Waals surface area contributed by atoms with E-state index in [2.05, 4.69) is 65.7 Å². The number of aromatic nitrogens is 2. The standard InChI is InChI=1S/C26H32N4O2/c1-17(22-14-26(31)27-15-22)32-25-13-21(12-24-23(25)16-30(3)28-24)19-6-4-18(5-7-19)20-8-10-29(2)11-9-20/h4-7,12-13,16-17,20,22H,8-11,14-15H2,1-3H3,(H,27,31)/t17?,22-/m1/s1. The molecule has 6 heteroatoms. The fourth-order valence-corrected chi connectivity index (χ4v) is 5.02. The van der Waals surface area contributed by atoms with Gasteiger partial charge in [0.1, 0.15) is 11.9 Å². The van der Waals surface area contributed by atoms with Gasteiger partial charge < -0.3 is 15.0 Å². The second-order valence-corrected chi connectivity index (χ2v) is 9.50. The Hall–Kier alpha value is -2.86. The van der Waals surface area contributed by atoms with Gasteiger partial charge in [0.25, 0.3) is 0 Å². The van der Waals surface area contributed by atoms with E-state index < -0.39 is 0 Å². The first-order valence-corrected chi connectivity index (χ1v) is 11.7. The van der Waals surface area contributed by atoms with Gasteiger partial charge in [-0.3, -0.25) is 9.48 Å². The lowest BCUT2D eigenvalue weighted by atomic mass is 9.88. The molecule has 2 aliphatic heterocycles. The van der Waals surface area contributed by atoms with Gasteiger partial charge in [0.05, 0.1) is 10.9 Å². The van der Waals surface area contributed by atoms with Gasteiger partial charge in [-0.1, -0.05) is 24.3 Å². The Kier molecular flexibility index (Phi) is 5.64. The van der Waals surface area contributed by atoms with Gasteiger partial charge in [-0.2, -0.15) is 5.10 Å². The van der Waals surface area contributed by atoms with Crippen LogP contribution in [0.2, 0.25) is 0 Å². The second kappa shape index (κ2) is 8.58. The Morgan fingerprint density at radius 1 is 1.09 bits per heavy atom. The molecule has 1 aromatic heterocycles. The fraction of sp³-hybridized carbons (Fsp3) is 0.462. The second-order valence-electron chi connectivity index (χ2n) is 9.50. The summed E-state index contributed by atoms with van der Waals surface area (Å²) in [6.07, 6.45) is 4.92. The molecule has 0 bridgehead atoms. The van der Waals surface area contributed by atoms with Gasteiger partial charge in [-0.25, -0.2) is 0 Å². The summed E-state index contributed by atoms with van der Waals surface area (Å²) >= 11 is 0. The number of aryl methyl sites for hydroxylation is 1. The van der Waals surface area contributed by atoms with Crippen molar-refractivity contribution in [1.82, 2.24) is 20.0 Å². The number of benzene rings is 2. The number of hydrogen-bond donors (Lipinski definition) is 1. The number of piperidine rings is 1. The van der Waals surface area contributed by atoms with Crippen molar-refractivity contribution in [3.05, 3.63) is 48.2 Å². The van der Waals surface area contributed by atoms with Gasteiger partial charge in [0, 0.05) is 32.1 Å². The zero-order chi connectivity index (χ0) is 22.2. The van der Waals surface area contributed by atoms with Crippen molar-refractivity contribution in [2.24, 2.45) is 13.0 Å². The van der Waals surface area contributed by atoms with Crippen LogP contribution in [0.3, 0.4) is 0 Å². The van der Waals surface area contributed by atoms with Crippen molar-refractivity contribution in [3.63, 3.8) is 0 Å². The van der Waals surface area contributed by atoms with Gasteiger partial charge in [0.2, 0.25) is 5.91 Å². The van der Waals surface area contributed by atoms with Crippen LogP contribution in [0.1, 0.15) is 37.7 Å². The average molecular weight is 433 g/mol. The minimum absolute atomic E-state index is 0.0561. The molecular formula is C26H32N4O2. The van der Waals surface area contributed by atoms with Crippen molar-refractivity contribution < 1.29 is 9.53 Å². The van der Waals surface area contributed by atoms with Crippen LogP contribution in [0.15, 0.2) is 42.6 Å². The Bertz CT molecular complexity index is 1110. The highest BCUT2D eigenvalue weighted by atomic mass is 16.5. The molecule has 32 heavy (non-hydrogen) atoms. The van der Waals surface area contributed by atoms with Gasteiger partial charge in [-0.15, -0.1) is 0 Å². The summed E-state index contributed by atoms with van der Waals surface area (Å²) in [5.74, 6) is 1.78. The molecule has 1 N–H and O–H groups in total. The third kappa shape index (κ3) is 4.24. The maximum atomic E-state index is 11.6. The molecule has 5 rings (SSSR count). The summed E-state index contributed by atoms with van der Waals surface area (Å²) in [5, 5.41) is 8.55. The van der Waals surface area contributed by atoms with Crippen LogP contribution < -0.4 is 10.1 Å². The Balaban J connectivity index is 1.42. The summed E-state index contributed by atoms with van der Waals surface area (Å²) in [6.45, 7) is 5.07. The third-order valence-electron chi connectivity index (χ3n) is 7.12. The quantitative estimate of drug-likeness (QED) is 0.663. The van der Waals surface area contributed by atoms with Gasteiger partial charge in [-0.05, 0) is 74.6 Å². The molecule has 2 aliphatic rings. The molecule has 3 heterocycles. The molecule has 3 aromatic rings. The molecule has 2 saturated heterocycles. The summed E-state index contributed by atoms with van der Waals surface area (Å²) in [7, 11) is 4.14. The highest BCUT2D eigenvalue weighted by molar-refractivity contribution is 5.90. The van der Waals surface area contributed by atoms with E-state index in [-0.39, 0.29) is 17.9 Å². The minimum atomic E-state index is -0.0561. The zero-order valence-corrected chi connectivity index (χ0v) is 19.2. The van der Waals surface area contributed by atoms with Crippen molar-refractivity contribution in [3.8, 4) is 16.9 Å². The van der Waals surface area contributed by atoms with E-state index in [1.165, 1.54) is 37.1 Å². The molecule has 6 nitrogen and oxygen atoms in total. The van der Waals surface area contributed by atoms with Crippen LogP contribution in [-0.2, 0) is 11.8 Å². The number of carbonyl (C=O) groups excluding carboxylic acids is 1. The third-order valence-corrected chi connectivity index (χ3v) is 7.12. The van der Waals surface area contributed by atoms with E-state index in [0.717, 1.165) is 22.2 Å². The van der Waals surface area contributed by atoms with E-state index in [4.69, 9.17) is 4.74 Å². The largest absolute Gasteiger partial charge is 0.490 e. The predicted molar refractivity (Wildman–Crippen MR) is 127 cm³/mol. The summed E-state index contributed by atoms with van der Waals surface area (Å²) in [6, 6.07) is 13.3. The summed E-state index contributed by atoms with van der Waals surface area (Å²) in [4.78, 5) is 14.1. The summed E-state index contributed by atoms with van der Waals surface area (Å²) in [5.41, 5.74) is 4.63. The first-order chi connectivity index (χ1) is 15.5. The molecule has 0 spiro atoms. The molecule has 2 aromatic carbocycles. The lowest BCUT2D eigenvalue weighted by Crippen LogP contribution is -2.29. The van der Waals surface area contributed by atoms with Crippen LogP contribution in [-0.4, -0.2) is 53.4 Å². The Morgan fingerprint density at radius 3 is 2.53 bits per heavy atom. The number of nitrogens with one attached hydrogen (secondary N) is 1. The predicted octanol–water partition coefficient (Wildman–Crippen LogP) is 3.95. The first-order valence-electron chi connectivity index (χ1n) is 11.7. The van der Waals surface area contributed by atoms with E-state index in [9.17, 15) is 4.79 Å². The lowest BCUT2D eigenvalue weighted by Gasteiger charge is -2.29. The van der Waals surface area contributed by atoms with Crippen LogP contribution in [0.5, 0.6) is 5.75 Å². The normalized spacial score (nSPS) is 21.1. The molecule has 2 fully saturated rings. The fourth-order valence-electron chi connectivity index (χ4n) is 5.02. The Labute approximate surface area is 189 Å². The molecule has 0 aliphatic carbocycles. The number of amides is 1. The highest BCUT2D eigenvalue weighted by Gasteiger charge is 2.28. The number of hydrogen-bond acceptors (Lipinski definition) is 4. The van der Waals surface area contributed by atoms with Crippen molar-refractivity contribution in [2.75, 3.05) is 26.7 Å². The number of nitrogens with zero attached hydrogens (tertiary/aromatic N) is 3. The van der Waals surface area contributed by atoms with Crippen LogP contribution in [0, 0.1) is 5.92 Å². The Morgan fingerprint density at radius 2 is 1.84 bits per heavy atom. The average Bonchev–Trinajstić information content (AvgIpc) is 3.39. The molecule has 0 saturated carbocycles. The van der Waals surface area contributed by atoms with Crippen molar-refractivity contribution >= 4 is 16.8 Å². The molecule has 1 amide bonds. The minimum Gasteiger partial charge on any atom is -0.490 e. The van der Waals surface area contributed by atoms with E-state index >= 15 is 0 Å². The smallest absolute Gasteiger partial charge is 0.220 e. The van der Waals surface area contributed by atoms with E-state index in [1.807, 2.05) is 17.9 Å². The van der Waals surface area contributed by atoms with Crippen molar-refractivity contribution in [1.29, 1.82) is 0 Å². The zero-order valence-electron chi connectivity index (χ0n) is 19.2. The molecule has 1 unspecified atom stereocenters. The van der Waals surface area contributed by atoms with Crippen LogP contribution >= 0.6 is 0 Å². The summed E-state index contributed by atoms with van der Waals surface area (Å²) < 4.78 is 8.24. The number of fused-ring (bicyclic) bond motifs is 1. The molecular weight excluding hydrogens is 400 g/mol. The number of likely N-dealkylation sites (tertiary alicyclic amines) is 1. The van der Waals surface area contributed by atoms with E-state index in [1.54, 1.807) is 0 Å². The van der Waals surface area contributed by atoms with Gasteiger partial charge >= 0.3 is 0 Å².